The summed E-state index contributed by atoms with van der Waals surface area (Å²) in [6.45, 7) is 8.51. The molecule has 8 heteroatoms. The molecule has 7 nitrogen and oxygen atoms in total. The van der Waals surface area contributed by atoms with E-state index < -0.39 is 16.1 Å². The van der Waals surface area contributed by atoms with Gasteiger partial charge in [0.1, 0.15) is 6.04 Å². The highest BCUT2D eigenvalue weighted by Gasteiger charge is 2.35. The molecule has 3 rings (SSSR count). The maximum atomic E-state index is 13.2. The molecule has 2 aromatic carbocycles. The molecule has 0 aliphatic carbocycles. The van der Waals surface area contributed by atoms with Gasteiger partial charge in [0.15, 0.2) is 0 Å². The van der Waals surface area contributed by atoms with E-state index in [0.29, 0.717) is 30.1 Å². The molecule has 0 saturated carbocycles. The number of nitrogens with one attached hydrogen (secondary N) is 2. The summed E-state index contributed by atoms with van der Waals surface area (Å²) in [5, 5.41) is 2.95. The first-order chi connectivity index (χ1) is 15.6. The van der Waals surface area contributed by atoms with Gasteiger partial charge in [0, 0.05) is 23.8 Å². The number of carbonyl (C=O) groups excluding carboxylic acids is 2. The predicted octanol–water partition coefficient (Wildman–Crippen LogP) is 4.13. The number of nitrogens with zero attached hydrogens (tertiary/aromatic N) is 1. The van der Waals surface area contributed by atoms with E-state index in [2.05, 4.69) is 10.0 Å². The fourth-order valence-corrected chi connectivity index (χ4v) is 4.90. The average Bonchev–Trinajstić information content (AvgIpc) is 3.28. The van der Waals surface area contributed by atoms with E-state index in [9.17, 15) is 18.0 Å². The van der Waals surface area contributed by atoms with Crippen molar-refractivity contribution in [1.82, 2.24) is 10.2 Å². The van der Waals surface area contributed by atoms with Crippen molar-refractivity contribution in [2.75, 3.05) is 11.3 Å². The van der Waals surface area contributed by atoms with E-state index in [1.165, 1.54) is 6.07 Å². The van der Waals surface area contributed by atoms with E-state index in [4.69, 9.17) is 0 Å². The molecule has 2 N–H and O–H groups in total. The van der Waals surface area contributed by atoms with E-state index >= 15 is 0 Å². The third-order valence-corrected chi connectivity index (χ3v) is 7.43. The van der Waals surface area contributed by atoms with Crippen LogP contribution >= 0.6 is 0 Å². The number of carbonyl (C=O) groups is 2. The molecule has 1 heterocycles. The second-order valence-electron chi connectivity index (χ2n) is 8.88. The minimum atomic E-state index is -3.80. The first-order valence-electron chi connectivity index (χ1n) is 11.5. The van der Waals surface area contributed by atoms with Gasteiger partial charge in [0.2, 0.25) is 5.91 Å². The molecule has 1 aliphatic rings. The van der Waals surface area contributed by atoms with Gasteiger partial charge < -0.3 is 10.2 Å². The predicted molar refractivity (Wildman–Crippen MR) is 130 cm³/mol. The van der Waals surface area contributed by atoms with Gasteiger partial charge in [0.05, 0.1) is 4.90 Å². The molecule has 0 bridgehead atoms. The SMILES string of the molecule is CCC(C)NC(=O)C1CCCN1C(=O)c1cccc(NS(=O)(=O)c2ccc(C(C)C)cc2)c1. The van der Waals surface area contributed by atoms with Crippen LogP contribution in [-0.4, -0.2) is 43.8 Å². The molecular weight excluding hydrogens is 438 g/mol. The van der Waals surface area contributed by atoms with Gasteiger partial charge >= 0.3 is 0 Å². The number of sulfonamides is 1. The molecule has 2 atom stereocenters. The summed E-state index contributed by atoms with van der Waals surface area (Å²) in [6.07, 6.45) is 2.19. The van der Waals surface area contributed by atoms with E-state index in [1.807, 2.05) is 27.7 Å². The Labute approximate surface area is 196 Å². The number of hydrogen-bond donors (Lipinski definition) is 2. The van der Waals surface area contributed by atoms with Crippen LogP contribution in [0.1, 0.15) is 68.8 Å². The number of hydrogen-bond acceptors (Lipinski definition) is 4. The lowest BCUT2D eigenvalue weighted by Gasteiger charge is -2.25. The van der Waals surface area contributed by atoms with Gasteiger partial charge in [-0.2, -0.15) is 0 Å². The third kappa shape index (κ3) is 5.93. The van der Waals surface area contributed by atoms with Crippen molar-refractivity contribution in [3.05, 3.63) is 59.7 Å². The van der Waals surface area contributed by atoms with Gasteiger partial charge in [-0.05, 0) is 68.0 Å². The van der Waals surface area contributed by atoms with Crippen molar-refractivity contribution in [3.8, 4) is 0 Å². The summed E-state index contributed by atoms with van der Waals surface area (Å²) in [5.74, 6) is -0.116. The average molecular weight is 472 g/mol. The molecule has 33 heavy (non-hydrogen) atoms. The quantitative estimate of drug-likeness (QED) is 0.605. The summed E-state index contributed by atoms with van der Waals surface area (Å²) in [5.41, 5.74) is 1.70. The van der Waals surface area contributed by atoms with Crippen LogP contribution in [0.15, 0.2) is 53.4 Å². The number of amides is 2. The van der Waals surface area contributed by atoms with Gasteiger partial charge in [0.25, 0.3) is 15.9 Å². The second kappa shape index (κ2) is 10.4. The van der Waals surface area contributed by atoms with Crippen LogP contribution in [0.2, 0.25) is 0 Å². The summed E-state index contributed by atoms with van der Waals surface area (Å²) in [7, 11) is -3.80. The minimum absolute atomic E-state index is 0.0439. The molecule has 2 aromatic rings. The van der Waals surface area contributed by atoms with Crippen molar-refractivity contribution in [2.45, 2.75) is 69.9 Å². The maximum absolute atomic E-state index is 13.2. The van der Waals surface area contributed by atoms with Crippen LogP contribution in [0.5, 0.6) is 0 Å². The zero-order chi connectivity index (χ0) is 24.2. The van der Waals surface area contributed by atoms with Gasteiger partial charge in [-0.1, -0.05) is 39.0 Å². The van der Waals surface area contributed by atoms with Crippen LogP contribution in [0.3, 0.4) is 0 Å². The van der Waals surface area contributed by atoms with E-state index in [-0.39, 0.29) is 22.8 Å². The monoisotopic (exact) mass is 471 g/mol. The molecule has 1 aliphatic heterocycles. The van der Waals surface area contributed by atoms with Crippen molar-refractivity contribution in [2.24, 2.45) is 0 Å². The molecule has 0 spiro atoms. The third-order valence-electron chi connectivity index (χ3n) is 6.04. The Morgan fingerprint density at radius 3 is 2.42 bits per heavy atom. The summed E-state index contributed by atoms with van der Waals surface area (Å²) in [6, 6.07) is 12.7. The highest BCUT2D eigenvalue weighted by atomic mass is 32.2. The molecule has 0 aromatic heterocycles. The van der Waals surface area contributed by atoms with Crippen LogP contribution in [0.25, 0.3) is 0 Å². The van der Waals surface area contributed by atoms with Crippen molar-refractivity contribution in [1.29, 1.82) is 0 Å². The van der Waals surface area contributed by atoms with Gasteiger partial charge in [-0.15, -0.1) is 0 Å². The summed E-state index contributed by atoms with van der Waals surface area (Å²) >= 11 is 0. The first kappa shape index (κ1) is 24.8. The molecule has 178 valence electrons. The highest BCUT2D eigenvalue weighted by Crippen LogP contribution is 2.24. The van der Waals surface area contributed by atoms with Gasteiger partial charge in [-0.3, -0.25) is 14.3 Å². The summed E-state index contributed by atoms with van der Waals surface area (Å²) < 4.78 is 28.2. The largest absolute Gasteiger partial charge is 0.352 e. The summed E-state index contributed by atoms with van der Waals surface area (Å²) in [4.78, 5) is 27.6. The minimum Gasteiger partial charge on any atom is -0.352 e. The van der Waals surface area contributed by atoms with Crippen LogP contribution < -0.4 is 10.0 Å². The number of likely N-dealkylation sites (tertiary alicyclic amines) is 1. The first-order valence-corrected chi connectivity index (χ1v) is 12.9. The molecule has 2 amide bonds. The Kier molecular flexibility index (Phi) is 7.79. The Hall–Kier alpha value is -2.87. The molecule has 1 fully saturated rings. The topological polar surface area (TPSA) is 95.6 Å². The maximum Gasteiger partial charge on any atom is 0.261 e. The smallest absolute Gasteiger partial charge is 0.261 e. The van der Waals surface area contributed by atoms with Crippen LogP contribution in [0.4, 0.5) is 5.69 Å². The molecule has 0 radical (unpaired) electrons. The van der Waals surface area contributed by atoms with Crippen LogP contribution in [0, 0.1) is 0 Å². The normalized spacial score (nSPS) is 17.1. The fraction of sp³-hybridized carbons (Fsp3) is 0.440. The van der Waals surface area contributed by atoms with Crippen molar-refractivity contribution >= 4 is 27.5 Å². The standard InChI is InChI=1S/C25H33N3O4S/c1-5-18(4)26-24(29)23-10-7-15-28(23)25(30)20-8-6-9-21(16-20)27-33(31,32)22-13-11-19(12-14-22)17(2)3/h6,8-9,11-14,16-18,23,27H,5,7,10,15H2,1-4H3,(H,26,29). The Morgan fingerprint density at radius 2 is 1.79 bits per heavy atom. The number of anilines is 1. The van der Waals surface area contributed by atoms with Crippen molar-refractivity contribution < 1.29 is 18.0 Å². The second-order valence-corrected chi connectivity index (χ2v) is 10.6. The highest BCUT2D eigenvalue weighted by molar-refractivity contribution is 7.92. The van der Waals surface area contributed by atoms with E-state index in [0.717, 1.165) is 18.4 Å². The Morgan fingerprint density at radius 1 is 1.09 bits per heavy atom. The number of benzene rings is 2. The van der Waals surface area contributed by atoms with E-state index in [1.54, 1.807) is 47.4 Å². The molecular formula is C25H33N3O4S. The Bertz CT molecular complexity index is 1100. The lowest BCUT2D eigenvalue weighted by atomic mass is 10.0. The zero-order valence-corrected chi connectivity index (χ0v) is 20.5. The molecule has 2 unspecified atom stereocenters. The van der Waals surface area contributed by atoms with Crippen molar-refractivity contribution in [3.63, 3.8) is 0 Å². The fourth-order valence-electron chi connectivity index (χ4n) is 3.85. The Balaban J connectivity index is 1.76. The zero-order valence-electron chi connectivity index (χ0n) is 19.7. The lowest BCUT2D eigenvalue weighted by molar-refractivity contribution is -0.125. The van der Waals surface area contributed by atoms with Crippen LogP contribution in [-0.2, 0) is 14.8 Å². The van der Waals surface area contributed by atoms with Gasteiger partial charge in [-0.25, -0.2) is 8.42 Å². The lowest BCUT2D eigenvalue weighted by Crippen LogP contribution is -2.48. The molecule has 1 saturated heterocycles. The number of rotatable bonds is 8.